The number of Topliss-reactive ketones (excluding diaryl/α,β-unsaturated/α-hetero) is 1. The van der Waals surface area contributed by atoms with Crippen molar-refractivity contribution in [1.29, 1.82) is 0 Å². The molecule has 0 aromatic rings. The maximum absolute atomic E-state index is 13.5. The molecular weight excluding hydrogens is 762 g/mol. The first kappa shape index (κ1) is 50.6. The summed E-state index contributed by atoms with van der Waals surface area (Å²) in [6.45, 7) is 11.5. The number of carbonyl (C=O) groups excluding carboxylic acids is 3. The van der Waals surface area contributed by atoms with Crippen LogP contribution in [0.1, 0.15) is 80.1 Å². The van der Waals surface area contributed by atoms with Crippen LogP contribution >= 0.6 is 0 Å². The van der Waals surface area contributed by atoms with Crippen molar-refractivity contribution in [2.24, 2.45) is 29.6 Å². The number of hydrogen-bond acceptors (Lipinski definition) is 13. The number of methoxy groups -OCH3 is 4. The van der Waals surface area contributed by atoms with Crippen LogP contribution in [0.3, 0.4) is 0 Å². The monoisotopic (exact) mass is 836 g/mol. The minimum absolute atomic E-state index is 0.0111. The molecule has 1 saturated heterocycles. The third-order valence-electron chi connectivity index (χ3n) is 12.7. The first-order valence-corrected chi connectivity index (χ1v) is 21.0. The van der Waals surface area contributed by atoms with Gasteiger partial charge in [-0.2, -0.15) is 0 Å². The van der Waals surface area contributed by atoms with E-state index in [1.54, 1.807) is 48.6 Å². The Morgan fingerprint density at radius 2 is 1.69 bits per heavy atom. The standard InChI is InChI=1S/C45H73NO13/c1-27-15-18-41(51)59-44(32(6)42(52)28(2)16-17-35(48)30(4)43(56-11)29(3)19-20-46(7)26-47)31(5)38(53-8)24-40(55-10)45(25-57-45)39(54-9)23-34-14-12-13-33(58-34)22-37(50)36(49)21-27/h12-13,15,18-21,26,28-34,36-40,42-44,49-50,52H,14,16-17,22-25H2,1-11H3/b18-15+,20-19+,27-21?/t28-,29+,30-,31-,32-,33-,34-,36-,37+,38+,39-,40-,42-,43+,44-,45-/m0/s1. The van der Waals surface area contributed by atoms with Crippen molar-refractivity contribution in [2.45, 2.75) is 147 Å². The summed E-state index contributed by atoms with van der Waals surface area (Å²) in [5.74, 6) is -2.65. The number of nitrogens with zero attached hydrogens (tertiary/aromatic N) is 1. The van der Waals surface area contributed by atoms with Gasteiger partial charge in [-0.05, 0) is 25.7 Å². The fraction of sp³-hybridized carbons (Fsp3) is 0.756. The molecule has 0 aromatic heterocycles. The number of ketones is 1. The lowest BCUT2D eigenvalue weighted by atomic mass is 9.78. The molecular formula is C45H73NO13. The summed E-state index contributed by atoms with van der Waals surface area (Å²) in [5.41, 5.74) is -0.255. The summed E-state index contributed by atoms with van der Waals surface area (Å²) in [4.78, 5) is 39.4. The number of epoxide rings is 1. The summed E-state index contributed by atoms with van der Waals surface area (Å²) in [6.07, 6.45) is 8.00. The van der Waals surface area contributed by atoms with Crippen molar-refractivity contribution in [1.82, 2.24) is 4.90 Å². The average Bonchev–Trinajstić information content (AvgIpc) is 4.03. The molecule has 3 rings (SSSR count). The van der Waals surface area contributed by atoms with Gasteiger partial charge in [0.05, 0.1) is 61.5 Å². The Balaban J connectivity index is 1.89. The van der Waals surface area contributed by atoms with Crippen molar-refractivity contribution in [2.75, 3.05) is 42.1 Å². The van der Waals surface area contributed by atoms with Crippen LogP contribution in [0.25, 0.3) is 0 Å². The molecule has 14 nitrogen and oxygen atoms in total. The Kier molecular flexibility index (Phi) is 20.6. The summed E-state index contributed by atoms with van der Waals surface area (Å²) in [7, 11) is 8.03. The van der Waals surface area contributed by atoms with Gasteiger partial charge in [-0.15, -0.1) is 0 Å². The Hall–Kier alpha value is -2.79. The van der Waals surface area contributed by atoms with Crippen LogP contribution in [0.4, 0.5) is 0 Å². The predicted molar refractivity (Wildman–Crippen MR) is 222 cm³/mol. The number of aliphatic hydroxyl groups excluding tert-OH is 3. The van der Waals surface area contributed by atoms with Crippen LogP contribution in [-0.4, -0.2) is 147 Å². The van der Waals surface area contributed by atoms with E-state index in [4.69, 9.17) is 33.2 Å². The largest absolute Gasteiger partial charge is 0.458 e. The van der Waals surface area contributed by atoms with Gasteiger partial charge < -0.3 is 53.4 Å². The first-order chi connectivity index (χ1) is 28.0. The second kappa shape index (κ2) is 24.0. The number of cyclic esters (lactones) is 1. The van der Waals surface area contributed by atoms with E-state index >= 15 is 0 Å². The lowest BCUT2D eigenvalue weighted by Crippen LogP contribution is -2.50. The molecule has 1 spiro atoms. The van der Waals surface area contributed by atoms with Crippen LogP contribution in [0, 0.1) is 29.6 Å². The Morgan fingerprint density at radius 3 is 2.29 bits per heavy atom. The van der Waals surface area contributed by atoms with Crippen LogP contribution in [0.15, 0.2) is 48.2 Å². The zero-order valence-electron chi connectivity index (χ0n) is 37.1. The molecule has 16 atom stereocenters. The van der Waals surface area contributed by atoms with E-state index in [2.05, 4.69) is 0 Å². The highest BCUT2D eigenvalue weighted by Crippen LogP contribution is 2.43. The number of allylic oxidation sites excluding steroid dienone is 2. The number of fused-ring (bicyclic) bond motifs is 2. The maximum atomic E-state index is 13.5. The summed E-state index contributed by atoms with van der Waals surface area (Å²) >= 11 is 0. The van der Waals surface area contributed by atoms with E-state index in [9.17, 15) is 29.7 Å². The Morgan fingerprint density at radius 1 is 1.03 bits per heavy atom. The molecule has 3 aliphatic heterocycles. The van der Waals surface area contributed by atoms with Crippen molar-refractivity contribution in [3.8, 4) is 0 Å². The predicted octanol–water partition coefficient (Wildman–Crippen LogP) is 4.34. The number of aliphatic hydroxyl groups is 3. The normalized spacial score (nSPS) is 34.8. The molecule has 3 heterocycles. The molecule has 2 bridgehead atoms. The number of esters is 1. The van der Waals surface area contributed by atoms with Crippen molar-refractivity contribution < 1.29 is 62.9 Å². The van der Waals surface area contributed by atoms with Crippen LogP contribution in [0.2, 0.25) is 0 Å². The van der Waals surface area contributed by atoms with Gasteiger partial charge in [0, 0.05) is 97.1 Å². The fourth-order valence-electron chi connectivity index (χ4n) is 8.69. The topological polar surface area (TPSA) is 183 Å². The molecule has 1 amide bonds. The van der Waals surface area contributed by atoms with Crippen LogP contribution < -0.4 is 0 Å². The number of amides is 1. The van der Waals surface area contributed by atoms with E-state index in [0.29, 0.717) is 44.3 Å². The minimum atomic E-state index is -1.21. The number of hydrogen-bond donors (Lipinski definition) is 3. The third-order valence-corrected chi connectivity index (χ3v) is 12.7. The summed E-state index contributed by atoms with van der Waals surface area (Å²) < 4.78 is 42.7. The molecule has 3 aliphatic rings. The van der Waals surface area contributed by atoms with Crippen LogP contribution in [-0.2, 0) is 47.5 Å². The van der Waals surface area contributed by atoms with Crippen molar-refractivity contribution >= 4 is 18.2 Å². The average molecular weight is 836 g/mol. The van der Waals surface area contributed by atoms with Gasteiger partial charge in [0.2, 0.25) is 6.41 Å². The van der Waals surface area contributed by atoms with E-state index in [-0.39, 0.29) is 36.6 Å². The van der Waals surface area contributed by atoms with Gasteiger partial charge in [0.1, 0.15) is 17.5 Å². The highest BCUT2D eigenvalue weighted by atomic mass is 16.6. The molecule has 3 N–H and O–H groups in total. The number of ether oxygens (including phenoxy) is 7. The summed E-state index contributed by atoms with van der Waals surface area (Å²) in [5, 5.41) is 33.6. The lowest BCUT2D eigenvalue weighted by Gasteiger charge is -2.39. The van der Waals surface area contributed by atoms with E-state index in [0.717, 1.165) is 0 Å². The summed E-state index contributed by atoms with van der Waals surface area (Å²) in [6, 6.07) is 0. The quantitative estimate of drug-likeness (QED) is 0.0865. The van der Waals surface area contributed by atoms with Crippen molar-refractivity contribution in [3.63, 3.8) is 0 Å². The molecule has 14 heteroatoms. The molecule has 0 aliphatic carbocycles. The Bertz CT molecular complexity index is 1440. The van der Waals surface area contributed by atoms with Gasteiger partial charge >= 0.3 is 5.97 Å². The second-order valence-corrected chi connectivity index (χ2v) is 17.0. The van der Waals surface area contributed by atoms with E-state index < -0.39 is 84.3 Å². The van der Waals surface area contributed by atoms with Crippen molar-refractivity contribution in [3.05, 3.63) is 48.2 Å². The fourth-order valence-corrected chi connectivity index (χ4v) is 8.69. The highest BCUT2D eigenvalue weighted by Gasteiger charge is 2.59. The molecule has 0 aromatic carbocycles. The number of rotatable bonds is 16. The molecule has 59 heavy (non-hydrogen) atoms. The molecule has 0 unspecified atom stereocenters. The first-order valence-electron chi connectivity index (χ1n) is 21.0. The molecule has 0 saturated carbocycles. The third kappa shape index (κ3) is 14.1. The minimum Gasteiger partial charge on any atom is -0.458 e. The van der Waals surface area contributed by atoms with Gasteiger partial charge in [-0.1, -0.05) is 70.6 Å². The van der Waals surface area contributed by atoms with Gasteiger partial charge in [-0.3, -0.25) is 9.59 Å². The molecule has 336 valence electrons. The van der Waals surface area contributed by atoms with Gasteiger partial charge in [0.25, 0.3) is 0 Å². The molecule has 0 radical (unpaired) electrons. The van der Waals surface area contributed by atoms with E-state index in [1.807, 2.05) is 52.8 Å². The van der Waals surface area contributed by atoms with E-state index in [1.165, 1.54) is 23.1 Å². The second-order valence-electron chi connectivity index (χ2n) is 17.0. The van der Waals surface area contributed by atoms with Crippen LogP contribution in [0.5, 0.6) is 0 Å². The SMILES string of the molecule is CO[C@H]([C@H](C)/C=C/N(C)C=O)[C@@H](C)C(=O)CC[C@H](C)[C@H](O)[C@H](C)[C@H]1OC(=O)/C=C/C(C)=C[C@H](O)[C@H](O)C[C@@H]2C=CC[C@@H](C[C@H](OC)[C@@]3(CO3)[C@@H](OC)C[C@@H](OC)[C@@H]1C)O2. The smallest absolute Gasteiger partial charge is 0.331 e. The van der Waals surface area contributed by atoms with Gasteiger partial charge in [-0.25, -0.2) is 4.79 Å². The number of carbonyl (C=O) groups is 3. The lowest BCUT2D eigenvalue weighted by molar-refractivity contribution is -0.159. The maximum Gasteiger partial charge on any atom is 0.331 e. The molecule has 1 fully saturated rings. The zero-order valence-corrected chi connectivity index (χ0v) is 37.1. The zero-order chi connectivity index (χ0) is 44.0. The highest BCUT2D eigenvalue weighted by molar-refractivity contribution is 5.82. The Labute approximate surface area is 351 Å². The van der Waals surface area contributed by atoms with Gasteiger partial charge in [0.15, 0.2) is 0 Å².